The number of fused-ring (bicyclic) bond motifs is 1. The average Bonchev–Trinajstić information content (AvgIpc) is 3.12. The summed E-state index contributed by atoms with van der Waals surface area (Å²) in [6.07, 6.45) is 0.552. The number of benzene rings is 2. The molecule has 2 heterocycles. The maximum absolute atomic E-state index is 13.8. The number of halogens is 2. The molecule has 8 heteroatoms. The van der Waals surface area contributed by atoms with Crippen molar-refractivity contribution in [1.82, 2.24) is 14.8 Å². The Balaban J connectivity index is 1.68. The van der Waals surface area contributed by atoms with Crippen LogP contribution >= 0.6 is 0 Å². The van der Waals surface area contributed by atoms with Crippen molar-refractivity contribution in [3.63, 3.8) is 0 Å². The van der Waals surface area contributed by atoms with Crippen molar-refractivity contribution in [3.05, 3.63) is 76.5 Å². The molecule has 0 unspecified atom stereocenters. The first-order valence-corrected chi connectivity index (χ1v) is 11.1. The van der Waals surface area contributed by atoms with Crippen LogP contribution in [0.3, 0.4) is 0 Å². The Labute approximate surface area is 196 Å². The van der Waals surface area contributed by atoms with Gasteiger partial charge in [0.15, 0.2) is 5.65 Å². The van der Waals surface area contributed by atoms with Gasteiger partial charge in [0.1, 0.15) is 11.6 Å². The number of nitrogens with zero attached hydrogens (tertiary/aromatic N) is 3. The number of amides is 1. The fourth-order valence-electron chi connectivity index (χ4n) is 4.05. The molecule has 0 aliphatic carbocycles. The molecule has 0 aliphatic heterocycles. The zero-order chi connectivity index (χ0) is 24.4. The van der Waals surface area contributed by atoms with E-state index in [1.54, 1.807) is 22.9 Å². The Hall–Kier alpha value is -3.81. The molecule has 0 bridgehead atoms. The predicted octanol–water partition coefficient (Wildman–Crippen LogP) is 5.59. The normalized spacial score (nSPS) is 11.1. The standard InChI is InChI=1S/C26H26F2N4O2/c1-5-34-26-21(11-12-23(33)29-22-14-19(28)10-9-15(22)2)16(3)24-17(4)31-32(25(24)30-26)20-8-6-7-18(27)13-20/h6-10,13-14H,5,11-12H2,1-4H3,(H,29,33). The largest absolute Gasteiger partial charge is 0.478 e. The van der Waals surface area contributed by atoms with Crippen LogP contribution in [-0.4, -0.2) is 27.3 Å². The highest BCUT2D eigenvalue weighted by atomic mass is 19.1. The summed E-state index contributed by atoms with van der Waals surface area (Å²) in [6.45, 7) is 7.88. The Morgan fingerprint density at radius 1 is 1.09 bits per heavy atom. The van der Waals surface area contributed by atoms with Gasteiger partial charge < -0.3 is 10.1 Å². The summed E-state index contributed by atoms with van der Waals surface area (Å²) in [5, 5.41) is 8.21. The highest BCUT2D eigenvalue weighted by Gasteiger charge is 2.21. The van der Waals surface area contributed by atoms with E-state index in [4.69, 9.17) is 9.72 Å². The Morgan fingerprint density at radius 3 is 2.59 bits per heavy atom. The van der Waals surface area contributed by atoms with E-state index in [-0.39, 0.29) is 18.1 Å². The van der Waals surface area contributed by atoms with E-state index in [9.17, 15) is 13.6 Å². The fourth-order valence-corrected chi connectivity index (χ4v) is 4.05. The van der Waals surface area contributed by atoms with Crippen molar-refractivity contribution < 1.29 is 18.3 Å². The summed E-state index contributed by atoms with van der Waals surface area (Å²) in [7, 11) is 0. The van der Waals surface area contributed by atoms with Gasteiger partial charge in [-0.3, -0.25) is 4.79 Å². The lowest BCUT2D eigenvalue weighted by molar-refractivity contribution is -0.116. The first kappa shape index (κ1) is 23.4. The molecule has 2 aromatic heterocycles. The van der Waals surface area contributed by atoms with Gasteiger partial charge in [-0.25, -0.2) is 13.5 Å². The summed E-state index contributed by atoms with van der Waals surface area (Å²) < 4.78 is 34.8. The van der Waals surface area contributed by atoms with Gasteiger partial charge in [-0.15, -0.1) is 0 Å². The molecule has 6 nitrogen and oxygen atoms in total. The molecule has 0 atom stereocenters. The predicted molar refractivity (Wildman–Crippen MR) is 128 cm³/mol. The lowest BCUT2D eigenvalue weighted by atomic mass is 10.0. The van der Waals surface area contributed by atoms with Crippen molar-refractivity contribution in [3.8, 4) is 11.6 Å². The molecular formula is C26H26F2N4O2. The van der Waals surface area contributed by atoms with Crippen molar-refractivity contribution in [2.24, 2.45) is 0 Å². The molecule has 176 valence electrons. The minimum absolute atomic E-state index is 0.168. The molecule has 0 saturated carbocycles. The molecule has 1 N–H and O–H groups in total. The number of carbonyl (C=O) groups is 1. The maximum atomic E-state index is 13.8. The summed E-state index contributed by atoms with van der Waals surface area (Å²) in [5.41, 5.74) is 4.81. The smallest absolute Gasteiger partial charge is 0.224 e. The van der Waals surface area contributed by atoms with E-state index in [1.165, 1.54) is 24.3 Å². The number of aromatic nitrogens is 3. The molecule has 4 rings (SSSR count). The second-order valence-corrected chi connectivity index (χ2v) is 8.14. The van der Waals surface area contributed by atoms with Gasteiger partial charge in [-0.1, -0.05) is 12.1 Å². The van der Waals surface area contributed by atoms with E-state index in [0.717, 1.165) is 27.8 Å². The first-order chi connectivity index (χ1) is 16.3. The van der Waals surface area contributed by atoms with Crippen LogP contribution in [0.5, 0.6) is 5.88 Å². The Morgan fingerprint density at radius 2 is 1.85 bits per heavy atom. The van der Waals surface area contributed by atoms with E-state index < -0.39 is 5.82 Å². The number of pyridine rings is 1. The van der Waals surface area contributed by atoms with Gasteiger partial charge in [-0.05, 0) is 75.6 Å². The van der Waals surface area contributed by atoms with Crippen molar-refractivity contribution >= 4 is 22.6 Å². The third-order valence-corrected chi connectivity index (χ3v) is 5.74. The monoisotopic (exact) mass is 464 g/mol. The van der Waals surface area contributed by atoms with Gasteiger partial charge in [0.05, 0.1) is 18.0 Å². The van der Waals surface area contributed by atoms with E-state index in [0.29, 0.717) is 35.9 Å². The molecule has 0 aliphatic rings. The van der Waals surface area contributed by atoms with E-state index in [1.807, 2.05) is 27.7 Å². The van der Waals surface area contributed by atoms with Crippen LogP contribution in [-0.2, 0) is 11.2 Å². The Bertz CT molecular complexity index is 1380. The highest BCUT2D eigenvalue weighted by molar-refractivity contribution is 5.92. The average molecular weight is 465 g/mol. The zero-order valence-electron chi connectivity index (χ0n) is 19.6. The third kappa shape index (κ3) is 4.62. The number of anilines is 1. The van der Waals surface area contributed by atoms with E-state index in [2.05, 4.69) is 10.4 Å². The maximum Gasteiger partial charge on any atom is 0.224 e. The molecule has 2 aromatic carbocycles. The summed E-state index contributed by atoms with van der Waals surface area (Å²) in [4.78, 5) is 17.3. The third-order valence-electron chi connectivity index (χ3n) is 5.74. The summed E-state index contributed by atoms with van der Waals surface area (Å²) in [6, 6.07) is 10.4. The minimum Gasteiger partial charge on any atom is -0.478 e. The highest BCUT2D eigenvalue weighted by Crippen LogP contribution is 2.32. The molecule has 0 spiro atoms. The van der Waals surface area contributed by atoms with Crippen LogP contribution in [0.1, 0.15) is 35.7 Å². The number of rotatable bonds is 7. The van der Waals surface area contributed by atoms with Gasteiger partial charge in [0, 0.05) is 23.1 Å². The SMILES string of the molecule is CCOc1nc2c(c(C)nn2-c2cccc(F)c2)c(C)c1CCC(=O)Nc1cc(F)ccc1C. The van der Waals surface area contributed by atoms with Gasteiger partial charge in [0.25, 0.3) is 0 Å². The number of hydrogen-bond donors (Lipinski definition) is 1. The van der Waals surface area contributed by atoms with Crippen LogP contribution in [0.25, 0.3) is 16.7 Å². The van der Waals surface area contributed by atoms with Gasteiger partial charge >= 0.3 is 0 Å². The number of hydrogen-bond acceptors (Lipinski definition) is 4. The number of ether oxygens (including phenoxy) is 1. The first-order valence-electron chi connectivity index (χ1n) is 11.1. The van der Waals surface area contributed by atoms with Crippen LogP contribution < -0.4 is 10.1 Å². The van der Waals surface area contributed by atoms with Crippen LogP contribution in [0.2, 0.25) is 0 Å². The number of carbonyl (C=O) groups excluding carboxylic acids is 1. The molecule has 1 amide bonds. The minimum atomic E-state index is -0.407. The lowest BCUT2D eigenvalue weighted by Crippen LogP contribution is -2.14. The molecular weight excluding hydrogens is 438 g/mol. The second kappa shape index (κ2) is 9.59. The summed E-state index contributed by atoms with van der Waals surface area (Å²) >= 11 is 0. The lowest BCUT2D eigenvalue weighted by Gasteiger charge is -2.14. The van der Waals surface area contributed by atoms with Crippen LogP contribution in [0.15, 0.2) is 42.5 Å². The van der Waals surface area contributed by atoms with Crippen molar-refractivity contribution in [1.29, 1.82) is 0 Å². The zero-order valence-corrected chi connectivity index (χ0v) is 19.6. The molecule has 34 heavy (non-hydrogen) atoms. The van der Waals surface area contributed by atoms with Crippen molar-refractivity contribution in [2.45, 2.75) is 40.5 Å². The molecule has 0 fully saturated rings. The van der Waals surface area contributed by atoms with Crippen LogP contribution in [0.4, 0.5) is 14.5 Å². The number of nitrogens with one attached hydrogen (secondary N) is 1. The van der Waals surface area contributed by atoms with Gasteiger partial charge in [0.2, 0.25) is 11.8 Å². The quantitative estimate of drug-likeness (QED) is 0.387. The Kier molecular flexibility index (Phi) is 6.58. The van der Waals surface area contributed by atoms with E-state index >= 15 is 0 Å². The fraction of sp³-hybridized carbons (Fsp3) is 0.269. The van der Waals surface area contributed by atoms with Gasteiger partial charge in [-0.2, -0.15) is 10.1 Å². The molecule has 4 aromatic rings. The second-order valence-electron chi connectivity index (χ2n) is 8.14. The van der Waals surface area contributed by atoms with Crippen molar-refractivity contribution in [2.75, 3.05) is 11.9 Å². The topological polar surface area (TPSA) is 69.0 Å². The number of aryl methyl sites for hydroxylation is 3. The molecule has 0 radical (unpaired) electrons. The summed E-state index contributed by atoms with van der Waals surface area (Å²) in [5.74, 6) is -0.588. The molecule has 0 saturated heterocycles. The van der Waals surface area contributed by atoms with Crippen LogP contribution in [0, 0.1) is 32.4 Å².